The van der Waals surface area contributed by atoms with Gasteiger partial charge in [-0.2, -0.15) is 4.57 Å². The molecule has 0 amide bonds. The smallest absolute Gasteiger partial charge is 0.293 e. The van der Waals surface area contributed by atoms with Crippen LogP contribution in [0, 0.1) is 0 Å². The molecule has 0 atom stereocenters. The van der Waals surface area contributed by atoms with Gasteiger partial charge in [-0.05, 0) is 42.4 Å². The zero-order valence-corrected chi connectivity index (χ0v) is 20.3. The van der Waals surface area contributed by atoms with Crippen molar-refractivity contribution in [3.05, 3.63) is 102 Å². The number of nitrogens with one attached hydrogen (secondary N) is 1. The minimum absolute atomic E-state index is 0.469. The van der Waals surface area contributed by atoms with Gasteiger partial charge in [0.25, 0.3) is 5.65 Å². The normalized spacial score (nSPS) is 13.5. The Hall–Kier alpha value is -4.26. The maximum absolute atomic E-state index is 5.93. The molecule has 36 heavy (non-hydrogen) atoms. The van der Waals surface area contributed by atoms with E-state index in [0.717, 1.165) is 24.0 Å². The fraction of sp³-hybridized carbons (Fsp3) is 0.241. The van der Waals surface area contributed by atoms with Crippen molar-refractivity contribution in [3.8, 4) is 5.69 Å². The summed E-state index contributed by atoms with van der Waals surface area (Å²) in [6, 6.07) is 22.2. The van der Waals surface area contributed by atoms with E-state index >= 15 is 0 Å². The molecule has 0 spiro atoms. The third kappa shape index (κ3) is 4.64. The number of anilines is 2. The van der Waals surface area contributed by atoms with E-state index in [9.17, 15) is 0 Å². The summed E-state index contributed by atoms with van der Waals surface area (Å²) in [5, 5.41) is 0. The highest BCUT2D eigenvalue weighted by Crippen LogP contribution is 2.19. The van der Waals surface area contributed by atoms with Gasteiger partial charge >= 0.3 is 0 Å². The number of nitrogens with two attached hydrogens (primary N) is 1. The van der Waals surface area contributed by atoms with Crippen LogP contribution < -0.4 is 19.8 Å². The maximum Gasteiger partial charge on any atom is 0.293 e. The second-order valence-electron chi connectivity index (χ2n) is 9.50. The molecular formula is C29H31N7+2. The Morgan fingerprint density at radius 2 is 1.44 bits per heavy atom. The Kier molecular flexibility index (Phi) is 6.03. The maximum atomic E-state index is 5.93. The summed E-state index contributed by atoms with van der Waals surface area (Å²) in [5.41, 5.74) is 13.9. The number of benzene rings is 2. The van der Waals surface area contributed by atoms with E-state index in [4.69, 9.17) is 5.73 Å². The van der Waals surface area contributed by atoms with E-state index in [-0.39, 0.29) is 0 Å². The molecule has 3 N–H and O–H groups in total. The van der Waals surface area contributed by atoms with Crippen LogP contribution >= 0.6 is 0 Å². The Balaban J connectivity index is 1.06. The van der Waals surface area contributed by atoms with E-state index in [1.165, 1.54) is 54.0 Å². The van der Waals surface area contributed by atoms with Crippen molar-refractivity contribution in [3.63, 3.8) is 0 Å². The minimum atomic E-state index is 0.469. The first-order valence-corrected chi connectivity index (χ1v) is 12.6. The summed E-state index contributed by atoms with van der Waals surface area (Å²) >= 11 is 0. The van der Waals surface area contributed by atoms with Gasteiger partial charge in [0, 0.05) is 43.0 Å². The van der Waals surface area contributed by atoms with Crippen LogP contribution in [0.15, 0.2) is 85.7 Å². The van der Waals surface area contributed by atoms with Gasteiger partial charge in [-0.1, -0.05) is 46.4 Å². The second kappa shape index (κ2) is 9.77. The van der Waals surface area contributed by atoms with Gasteiger partial charge in [0.05, 0.1) is 6.54 Å². The topological polar surface area (TPSA) is 78.6 Å². The number of fused-ring (bicyclic) bond motifs is 1. The third-order valence-electron chi connectivity index (χ3n) is 7.08. The fourth-order valence-electron chi connectivity index (χ4n) is 4.97. The first-order valence-electron chi connectivity index (χ1n) is 12.6. The van der Waals surface area contributed by atoms with Gasteiger partial charge in [0.15, 0.2) is 24.2 Å². The number of H-pyrrole nitrogens is 1. The van der Waals surface area contributed by atoms with Crippen LogP contribution in [0.3, 0.4) is 0 Å². The predicted octanol–water partition coefficient (Wildman–Crippen LogP) is 3.54. The van der Waals surface area contributed by atoms with Crippen molar-refractivity contribution in [1.29, 1.82) is 0 Å². The van der Waals surface area contributed by atoms with Gasteiger partial charge in [0.1, 0.15) is 0 Å². The van der Waals surface area contributed by atoms with Crippen molar-refractivity contribution >= 4 is 22.7 Å². The molecule has 1 aliphatic rings. The summed E-state index contributed by atoms with van der Waals surface area (Å²) in [5.74, 6) is 0.469. The highest BCUT2D eigenvalue weighted by atomic mass is 15.1. The number of pyridine rings is 1. The first kappa shape index (κ1) is 22.2. The minimum Gasteiger partial charge on any atom is -0.371 e. The van der Waals surface area contributed by atoms with Crippen molar-refractivity contribution in [1.82, 2.24) is 15.0 Å². The van der Waals surface area contributed by atoms with Crippen LogP contribution in [0.4, 0.5) is 11.5 Å². The van der Waals surface area contributed by atoms with Crippen molar-refractivity contribution < 1.29 is 9.13 Å². The lowest BCUT2D eigenvalue weighted by Crippen LogP contribution is -2.36. The summed E-state index contributed by atoms with van der Waals surface area (Å²) in [4.78, 5) is 14.2. The number of aryl methyl sites for hydroxylation is 2. The number of nitrogens with zero attached hydrogens (tertiary/aromatic N) is 5. The lowest BCUT2D eigenvalue weighted by Gasteiger charge is -2.16. The van der Waals surface area contributed by atoms with Crippen LogP contribution in [0.5, 0.6) is 0 Å². The Morgan fingerprint density at radius 1 is 0.806 bits per heavy atom. The van der Waals surface area contributed by atoms with Gasteiger partial charge in [-0.25, -0.2) is 4.57 Å². The number of hydrogen-bond donors (Lipinski definition) is 2. The summed E-state index contributed by atoms with van der Waals surface area (Å²) < 4.78 is 4.20. The van der Waals surface area contributed by atoms with Crippen LogP contribution in [0.2, 0.25) is 0 Å². The van der Waals surface area contributed by atoms with Crippen molar-refractivity contribution in [2.24, 2.45) is 0 Å². The molecule has 1 aliphatic heterocycles. The molecule has 0 unspecified atom stereocenters. The summed E-state index contributed by atoms with van der Waals surface area (Å²) in [7, 11) is 0. The first-order chi connectivity index (χ1) is 17.7. The van der Waals surface area contributed by atoms with Gasteiger partial charge in [-0.3, -0.25) is 0 Å². The molecule has 6 rings (SSSR count). The lowest BCUT2D eigenvalue weighted by atomic mass is 10.0. The largest absolute Gasteiger partial charge is 0.371 e. The lowest BCUT2D eigenvalue weighted by molar-refractivity contribution is -0.667. The van der Waals surface area contributed by atoms with Crippen molar-refractivity contribution in [2.45, 2.75) is 32.2 Å². The van der Waals surface area contributed by atoms with Gasteiger partial charge in [0.2, 0.25) is 17.8 Å². The molecule has 1 fully saturated rings. The number of rotatable bonds is 7. The molecule has 0 radical (unpaired) electrons. The molecular weight excluding hydrogens is 446 g/mol. The molecule has 7 heteroatoms. The Bertz CT molecular complexity index is 1450. The molecule has 0 aliphatic carbocycles. The molecule has 4 heterocycles. The summed E-state index contributed by atoms with van der Waals surface area (Å²) in [6.45, 7) is 3.05. The number of hydrogen-bond acceptors (Lipinski definition) is 4. The highest BCUT2D eigenvalue weighted by Gasteiger charge is 2.15. The van der Waals surface area contributed by atoms with E-state index in [1.807, 2.05) is 4.57 Å². The highest BCUT2D eigenvalue weighted by molar-refractivity contribution is 5.78. The quantitative estimate of drug-likeness (QED) is 0.352. The number of aromatic nitrogens is 5. The second-order valence-corrected chi connectivity index (χ2v) is 9.50. The molecule has 0 saturated carbocycles. The van der Waals surface area contributed by atoms with E-state index < -0.39 is 0 Å². The van der Waals surface area contributed by atoms with Gasteiger partial charge < -0.3 is 15.6 Å². The zero-order valence-electron chi connectivity index (χ0n) is 20.3. The van der Waals surface area contributed by atoms with E-state index in [2.05, 4.69) is 97.5 Å². The average Bonchev–Trinajstić information content (AvgIpc) is 3.64. The molecule has 180 valence electrons. The number of imidazole rings is 1. The Morgan fingerprint density at radius 3 is 2.14 bits per heavy atom. The van der Waals surface area contributed by atoms with Gasteiger partial charge in [-0.15, -0.1) is 0 Å². The van der Waals surface area contributed by atoms with Crippen LogP contribution in [-0.2, 0) is 19.4 Å². The van der Waals surface area contributed by atoms with Crippen LogP contribution in [-0.4, -0.2) is 28.0 Å². The molecule has 5 aromatic rings. The third-order valence-corrected chi connectivity index (χ3v) is 7.08. The number of aromatic amines is 1. The summed E-state index contributed by atoms with van der Waals surface area (Å²) in [6.07, 6.45) is 12.4. The standard InChI is InChI=1S/C29H30N7/c30-28-27-29(32-20-31-27)36(21-33-28)19-24-7-5-22(6-8-24)3-4-23-9-11-25(12-10-23)35-17-13-26(14-18-35)34-15-1-2-16-34/h5-14,17-18,20-21H,1-4,15-16,19H2,(H2,30,31,32)/q+1/p+1. The predicted molar refractivity (Wildman–Crippen MR) is 141 cm³/mol. The molecule has 0 bridgehead atoms. The fourth-order valence-corrected chi connectivity index (χ4v) is 4.97. The average molecular weight is 478 g/mol. The van der Waals surface area contributed by atoms with Crippen molar-refractivity contribution in [2.75, 3.05) is 23.7 Å². The molecule has 3 aromatic heterocycles. The molecule has 2 aromatic carbocycles. The molecule has 1 saturated heterocycles. The van der Waals surface area contributed by atoms with Crippen LogP contribution in [0.1, 0.15) is 29.5 Å². The van der Waals surface area contributed by atoms with E-state index in [0.29, 0.717) is 12.4 Å². The Labute approximate surface area is 210 Å². The van der Waals surface area contributed by atoms with E-state index in [1.54, 1.807) is 12.7 Å². The van der Waals surface area contributed by atoms with Crippen LogP contribution in [0.25, 0.3) is 16.9 Å². The SMILES string of the molecule is Nc1nc[n+](Cc2ccc(CCc3ccc(-[n+]4ccc(N5CCCC5)cc4)cc3)cc2)c2nc[nH]c12. The monoisotopic (exact) mass is 477 g/mol. The molecule has 7 nitrogen and oxygen atoms in total. The zero-order chi connectivity index (χ0) is 24.3. The number of nitrogen functional groups attached to an aromatic ring is 1.